The largest absolute Gasteiger partial charge is 0.294 e. The Balaban J connectivity index is 2.48. The van der Waals surface area contributed by atoms with Gasteiger partial charge in [-0.1, -0.05) is 42.0 Å². The van der Waals surface area contributed by atoms with Crippen LogP contribution in [-0.2, 0) is 10.2 Å². The van der Waals surface area contributed by atoms with Crippen LogP contribution in [0, 0.1) is 0 Å². The maximum atomic E-state index is 12.2. The van der Waals surface area contributed by atoms with E-state index in [1.807, 2.05) is 25.1 Å². The molecule has 1 atom stereocenters. The van der Waals surface area contributed by atoms with Crippen LogP contribution in [0.25, 0.3) is 6.08 Å². The number of rotatable bonds is 2. The van der Waals surface area contributed by atoms with Crippen LogP contribution < -0.4 is 0 Å². The van der Waals surface area contributed by atoms with Crippen molar-refractivity contribution in [2.24, 2.45) is 0 Å². The summed E-state index contributed by atoms with van der Waals surface area (Å²) in [6.07, 6.45) is 6.55. The van der Waals surface area contributed by atoms with Gasteiger partial charge >= 0.3 is 0 Å². The van der Waals surface area contributed by atoms with Gasteiger partial charge in [0.15, 0.2) is 5.78 Å². The van der Waals surface area contributed by atoms with Crippen molar-refractivity contribution in [1.29, 1.82) is 0 Å². The SMILES string of the molecule is CC(C)=CCC1(C)C(=O)C=Cc2ccccc21. The van der Waals surface area contributed by atoms with Gasteiger partial charge in [-0.2, -0.15) is 0 Å². The topological polar surface area (TPSA) is 17.1 Å². The van der Waals surface area contributed by atoms with Gasteiger partial charge in [-0.25, -0.2) is 0 Å². The zero-order chi connectivity index (χ0) is 12.5. The van der Waals surface area contributed by atoms with E-state index in [1.54, 1.807) is 6.08 Å². The second kappa shape index (κ2) is 4.33. The van der Waals surface area contributed by atoms with E-state index in [0.717, 1.165) is 17.5 Å². The average molecular weight is 226 g/mol. The molecule has 1 aromatic rings. The molecule has 0 aromatic heterocycles. The van der Waals surface area contributed by atoms with E-state index in [1.165, 1.54) is 5.57 Å². The predicted octanol–water partition coefficient (Wildman–Crippen LogP) is 3.90. The first-order chi connectivity index (χ1) is 8.04. The molecule has 1 aliphatic carbocycles. The quantitative estimate of drug-likeness (QED) is 0.699. The fraction of sp³-hybridized carbons (Fsp3) is 0.312. The normalized spacial score (nSPS) is 22.2. The van der Waals surface area contributed by atoms with Crippen LogP contribution >= 0.6 is 0 Å². The third-order valence-corrected chi connectivity index (χ3v) is 3.43. The number of allylic oxidation sites excluding steroid dienone is 3. The Kier molecular flexibility index (Phi) is 3.01. The van der Waals surface area contributed by atoms with Crippen molar-refractivity contribution < 1.29 is 4.79 Å². The first-order valence-electron chi connectivity index (χ1n) is 5.99. The molecule has 0 N–H and O–H groups in total. The van der Waals surface area contributed by atoms with E-state index in [0.29, 0.717) is 0 Å². The molecule has 17 heavy (non-hydrogen) atoms. The molecule has 0 saturated carbocycles. The number of carbonyl (C=O) groups excluding carboxylic acids is 1. The van der Waals surface area contributed by atoms with E-state index in [-0.39, 0.29) is 5.78 Å². The van der Waals surface area contributed by atoms with Crippen molar-refractivity contribution in [3.8, 4) is 0 Å². The second-order valence-electron chi connectivity index (χ2n) is 5.10. The molecule has 0 heterocycles. The number of fused-ring (bicyclic) bond motifs is 1. The summed E-state index contributed by atoms with van der Waals surface area (Å²) in [6, 6.07) is 8.15. The summed E-state index contributed by atoms with van der Waals surface area (Å²) in [4.78, 5) is 12.2. The van der Waals surface area contributed by atoms with Crippen molar-refractivity contribution >= 4 is 11.9 Å². The predicted molar refractivity (Wildman–Crippen MR) is 71.9 cm³/mol. The minimum atomic E-state index is -0.400. The summed E-state index contributed by atoms with van der Waals surface area (Å²) in [6.45, 7) is 6.17. The molecule has 0 aliphatic heterocycles. The van der Waals surface area contributed by atoms with Crippen LogP contribution in [-0.4, -0.2) is 5.78 Å². The summed E-state index contributed by atoms with van der Waals surface area (Å²) >= 11 is 0. The van der Waals surface area contributed by atoms with Crippen LogP contribution in [0.15, 0.2) is 42.0 Å². The van der Waals surface area contributed by atoms with Crippen LogP contribution in [0.1, 0.15) is 38.3 Å². The number of hydrogen-bond donors (Lipinski definition) is 0. The van der Waals surface area contributed by atoms with Gasteiger partial charge in [-0.05, 0) is 44.4 Å². The molecule has 0 amide bonds. The van der Waals surface area contributed by atoms with Crippen LogP contribution in [0.5, 0.6) is 0 Å². The summed E-state index contributed by atoms with van der Waals surface area (Å²) in [5.41, 5.74) is 3.16. The first kappa shape index (κ1) is 11.8. The van der Waals surface area contributed by atoms with Crippen LogP contribution in [0.3, 0.4) is 0 Å². The third-order valence-electron chi connectivity index (χ3n) is 3.43. The zero-order valence-electron chi connectivity index (χ0n) is 10.7. The van der Waals surface area contributed by atoms with Gasteiger partial charge in [-0.15, -0.1) is 0 Å². The molecule has 2 rings (SSSR count). The van der Waals surface area contributed by atoms with Crippen molar-refractivity contribution in [2.45, 2.75) is 32.6 Å². The van der Waals surface area contributed by atoms with Gasteiger partial charge in [0, 0.05) is 0 Å². The van der Waals surface area contributed by atoms with Gasteiger partial charge in [-0.3, -0.25) is 4.79 Å². The molecule has 1 unspecified atom stereocenters. The summed E-state index contributed by atoms with van der Waals surface area (Å²) in [7, 11) is 0. The van der Waals surface area contributed by atoms with Crippen molar-refractivity contribution in [1.82, 2.24) is 0 Å². The maximum absolute atomic E-state index is 12.2. The molecule has 0 radical (unpaired) electrons. The Bertz CT molecular complexity index is 504. The minimum absolute atomic E-state index is 0.203. The number of carbonyl (C=O) groups is 1. The van der Waals surface area contributed by atoms with E-state index >= 15 is 0 Å². The molecule has 0 bridgehead atoms. The fourth-order valence-corrected chi connectivity index (χ4v) is 2.25. The molecule has 1 aromatic carbocycles. The summed E-state index contributed by atoms with van der Waals surface area (Å²) < 4.78 is 0. The lowest BCUT2D eigenvalue weighted by Gasteiger charge is -2.30. The highest BCUT2D eigenvalue weighted by molar-refractivity contribution is 6.04. The highest BCUT2D eigenvalue weighted by atomic mass is 16.1. The number of hydrogen-bond acceptors (Lipinski definition) is 1. The summed E-state index contributed by atoms with van der Waals surface area (Å²) in [5.74, 6) is 0.203. The smallest absolute Gasteiger partial charge is 0.166 e. The molecule has 88 valence electrons. The van der Waals surface area contributed by atoms with Crippen LogP contribution in [0.4, 0.5) is 0 Å². The van der Waals surface area contributed by atoms with E-state index < -0.39 is 5.41 Å². The lowest BCUT2D eigenvalue weighted by molar-refractivity contribution is -0.119. The third kappa shape index (κ3) is 2.10. The van der Waals surface area contributed by atoms with Gasteiger partial charge in [0.1, 0.15) is 0 Å². The highest BCUT2D eigenvalue weighted by Crippen LogP contribution is 2.36. The molecule has 0 saturated heterocycles. The molecule has 0 fully saturated rings. The van der Waals surface area contributed by atoms with Gasteiger partial charge in [0.25, 0.3) is 0 Å². The molecule has 1 heteroatoms. The molecular weight excluding hydrogens is 208 g/mol. The highest BCUT2D eigenvalue weighted by Gasteiger charge is 2.35. The fourth-order valence-electron chi connectivity index (χ4n) is 2.25. The van der Waals surface area contributed by atoms with Crippen molar-refractivity contribution in [2.75, 3.05) is 0 Å². The van der Waals surface area contributed by atoms with E-state index in [2.05, 4.69) is 32.1 Å². The van der Waals surface area contributed by atoms with E-state index in [4.69, 9.17) is 0 Å². The molecule has 1 nitrogen and oxygen atoms in total. The Morgan fingerprint density at radius 1 is 1.24 bits per heavy atom. The molecule has 1 aliphatic rings. The standard InChI is InChI=1S/C16H18O/c1-12(2)10-11-16(3)14-7-5-4-6-13(14)8-9-15(16)17/h4-10H,11H2,1-3H3. The molecular formula is C16H18O. The monoisotopic (exact) mass is 226 g/mol. The van der Waals surface area contributed by atoms with Gasteiger partial charge in [0.05, 0.1) is 5.41 Å². The van der Waals surface area contributed by atoms with Crippen molar-refractivity contribution in [3.05, 3.63) is 53.1 Å². The van der Waals surface area contributed by atoms with Gasteiger partial charge < -0.3 is 0 Å². The Hall–Kier alpha value is -1.63. The van der Waals surface area contributed by atoms with Gasteiger partial charge in [0.2, 0.25) is 0 Å². The Labute approximate surface area is 103 Å². The second-order valence-corrected chi connectivity index (χ2v) is 5.10. The Morgan fingerprint density at radius 2 is 1.94 bits per heavy atom. The average Bonchev–Trinajstić information content (AvgIpc) is 2.32. The number of ketones is 1. The summed E-state index contributed by atoms with van der Waals surface area (Å²) in [5, 5.41) is 0. The number of benzene rings is 1. The van der Waals surface area contributed by atoms with Crippen molar-refractivity contribution in [3.63, 3.8) is 0 Å². The van der Waals surface area contributed by atoms with Crippen LogP contribution in [0.2, 0.25) is 0 Å². The Morgan fingerprint density at radius 3 is 2.65 bits per heavy atom. The first-order valence-corrected chi connectivity index (χ1v) is 5.99. The lowest BCUT2D eigenvalue weighted by atomic mass is 9.71. The minimum Gasteiger partial charge on any atom is -0.294 e. The zero-order valence-corrected chi connectivity index (χ0v) is 10.7. The van der Waals surface area contributed by atoms with E-state index in [9.17, 15) is 4.79 Å². The molecule has 0 spiro atoms. The lowest BCUT2D eigenvalue weighted by Crippen LogP contribution is -2.33. The maximum Gasteiger partial charge on any atom is 0.166 e.